The smallest absolute Gasteiger partial charge is 0.0542 e. The molecule has 0 amide bonds. The highest BCUT2D eigenvalue weighted by molar-refractivity contribution is 7.98. The quantitative estimate of drug-likeness (QED) is 0.161. The van der Waals surface area contributed by atoms with Crippen molar-refractivity contribution < 1.29 is 0 Å². The number of thiophene rings is 1. The average molecular weight is 974 g/mol. The van der Waals surface area contributed by atoms with Crippen LogP contribution in [0.25, 0.3) is 91.8 Å². The minimum absolute atomic E-state index is 1.10. The summed E-state index contributed by atoms with van der Waals surface area (Å²) in [6, 6.07) is 78.1. The molecule has 0 aliphatic carbocycles. The first-order chi connectivity index (χ1) is 35.7. The molecule has 0 fully saturated rings. The second-order valence-electron chi connectivity index (χ2n) is 16.6. The number of rotatable bonds is 7. The highest BCUT2D eigenvalue weighted by Gasteiger charge is 2.22. The van der Waals surface area contributed by atoms with Crippen LogP contribution in [0.15, 0.2) is 217 Å². The Kier molecular flexibility index (Phi) is 15.3. The number of aromatic nitrogens is 1. The molecular weight excluding hydrogens is 911 g/mol. The Labute approximate surface area is 434 Å². The van der Waals surface area contributed by atoms with Crippen LogP contribution < -0.4 is 10.2 Å². The monoisotopic (exact) mass is 973 g/mol. The van der Waals surface area contributed by atoms with E-state index in [-0.39, 0.29) is 0 Å². The Morgan fingerprint density at radius 2 is 1.03 bits per heavy atom. The van der Waals surface area contributed by atoms with Crippen molar-refractivity contribution in [3.05, 3.63) is 212 Å². The summed E-state index contributed by atoms with van der Waals surface area (Å²) in [5, 5.41) is 11.5. The molecule has 0 saturated heterocycles. The van der Waals surface area contributed by atoms with Gasteiger partial charge in [-0.3, -0.25) is 0 Å². The van der Waals surface area contributed by atoms with E-state index >= 15 is 0 Å². The second kappa shape index (κ2) is 22.2. The van der Waals surface area contributed by atoms with E-state index in [9.17, 15) is 0 Å². The van der Waals surface area contributed by atoms with Gasteiger partial charge in [0, 0.05) is 80.9 Å². The predicted molar refractivity (Wildman–Crippen MR) is 323 cm³/mol. The summed E-state index contributed by atoms with van der Waals surface area (Å²) in [5.41, 5.74) is 16.4. The summed E-state index contributed by atoms with van der Waals surface area (Å²) in [6.07, 6.45) is 2.15. The zero-order valence-corrected chi connectivity index (χ0v) is 44.6. The lowest BCUT2D eigenvalue weighted by Gasteiger charge is -2.27. The number of thioether (sulfide) groups is 1. The molecule has 3 nitrogen and oxygen atoms in total. The zero-order valence-electron chi connectivity index (χ0n) is 42.9. The van der Waals surface area contributed by atoms with Crippen LogP contribution in [0.1, 0.15) is 55.4 Å². The maximum Gasteiger partial charge on any atom is 0.0542 e. The van der Waals surface area contributed by atoms with Gasteiger partial charge < -0.3 is 14.8 Å². The minimum Gasteiger partial charge on any atom is -0.354 e. The second-order valence-corrected chi connectivity index (χ2v) is 18.5. The first-order valence-corrected chi connectivity index (χ1v) is 27.7. The van der Waals surface area contributed by atoms with Crippen LogP contribution >= 0.6 is 23.1 Å². The molecule has 13 rings (SSSR count). The molecule has 0 unspecified atom stereocenters. The standard InChI is InChI=1S/C59H39N3S2.4C2H6/c1-63-56-23-9-6-18-45(56)40-31-39-14-12-21-50-46-28-25-38(33-52(46)60-53(34-40)59(39)50)37-13-11-17-42(32-37)61(44-26-29-49-48-20-7-10-24-57(48)64-58(49)36-44)43-27-30-55-51(35-43)47-19-5-8-22-54(47)62(55)41-15-3-2-4-16-41;4*1-2/h2-36,60H,1H3;4*1-2H3. The van der Waals surface area contributed by atoms with E-state index in [4.69, 9.17) is 0 Å². The van der Waals surface area contributed by atoms with Crippen LogP contribution in [0.2, 0.25) is 0 Å². The maximum absolute atomic E-state index is 3.91. The molecule has 1 aliphatic rings. The van der Waals surface area contributed by atoms with Crippen LogP contribution in [0.5, 0.6) is 0 Å². The molecule has 12 aromatic rings. The molecule has 10 aromatic carbocycles. The highest BCUT2D eigenvalue weighted by atomic mass is 32.2. The molecule has 0 atom stereocenters. The molecule has 0 radical (unpaired) electrons. The van der Waals surface area contributed by atoms with Crippen molar-refractivity contribution in [1.29, 1.82) is 0 Å². The lowest BCUT2D eigenvalue weighted by atomic mass is 9.89. The van der Waals surface area contributed by atoms with Gasteiger partial charge in [0.2, 0.25) is 0 Å². The van der Waals surface area contributed by atoms with E-state index in [1.807, 2.05) is 66.7 Å². The molecule has 1 N–H and O–H groups in total. The molecule has 0 spiro atoms. The third-order valence-electron chi connectivity index (χ3n) is 13.0. The van der Waals surface area contributed by atoms with Gasteiger partial charge in [-0.1, -0.05) is 177 Å². The zero-order chi connectivity index (χ0) is 50.3. The van der Waals surface area contributed by atoms with Crippen molar-refractivity contribution in [3.63, 3.8) is 0 Å². The topological polar surface area (TPSA) is 20.2 Å². The lowest BCUT2D eigenvalue weighted by Crippen LogP contribution is -2.10. The summed E-state index contributed by atoms with van der Waals surface area (Å²) in [6.45, 7) is 16.0. The third-order valence-corrected chi connectivity index (χ3v) is 14.9. The van der Waals surface area contributed by atoms with Crippen LogP contribution in [-0.2, 0) is 0 Å². The minimum atomic E-state index is 1.10. The van der Waals surface area contributed by atoms with Gasteiger partial charge in [-0.15, -0.1) is 23.1 Å². The number of benzene rings is 10. The fourth-order valence-electron chi connectivity index (χ4n) is 10.1. The number of para-hydroxylation sites is 2. The molecule has 0 bridgehead atoms. The van der Waals surface area contributed by atoms with Gasteiger partial charge in [-0.25, -0.2) is 0 Å². The van der Waals surface area contributed by atoms with Crippen LogP contribution in [0.3, 0.4) is 0 Å². The van der Waals surface area contributed by atoms with Crippen molar-refractivity contribution in [2.24, 2.45) is 0 Å². The van der Waals surface area contributed by atoms with E-state index < -0.39 is 0 Å². The van der Waals surface area contributed by atoms with Gasteiger partial charge in [0.05, 0.1) is 11.0 Å². The van der Waals surface area contributed by atoms with E-state index in [0.29, 0.717) is 0 Å². The Morgan fingerprint density at radius 3 is 1.85 bits per heavy atom. The van der Waals surface area contributed by atoms with Gasteiger partial charge in [-0.2, -0.15) is 0 Å². The number of nitrogens with zero attached hydrogens (tertiary/aromatic N) is 2. The number of nitrogens with one attached hydrogen (secondary N) is 1. The number of hydrogen-bond donors (Lipinski definition) is 1. The average Bonchev–Trinajstić information content (AvgIpc) is 4.00. The summed E-state index contributed by atoms with van der Waals surface area (Å²) < 4.78 is 4.97. The van der Waals surface area contributed by atoms with Crippen molar-refractivity contribution in [2.75, 3.05) is 16.5 Å². The lowest BCUT2D eigenvalue weighted by molar-refractivity contribution is 1.18. The number of anilines is 5. The molecule has 2 aromatic heterocycles. The van der Waals surface area contributed by atoms with Crippen molar-refractivity contribution in [2.45, 2.75) is 60.3 Å². The Bertz CT molecular complexity index is 3820. The van der Waals surface area contributed by atoms with Gasteiger partial charge >= 0.3 is 0 Å². The molecule has 5 heteroatoms. The first-order valence-electron chi connectivity index (χ1n) is 25.7. The van der Waals surface area contributed by atoms with E-state index in [1.165, 1.54) is 79.9 Å². The van der Waals surface area contributed by atoms with Gasteiger partial charge in [-0.05, 0) is 130 Å². The number of hydrogen-bond acceptors (Lipinski definition) is 4. The highest BCUT2D eigenvalue weighted by Crippen LogP contribution is 2.48. The Morgan fingerprint density at radius 1 is 0.403 bits per heavy atom. The van der Waals surface area contributed by atoms with E-state index in [0.717, 1.165) is 45.3 Å². The third kappa shape index (κ3) is 8.93. The van der Waals surface area contributed by atoms with Crippen molar-refractivity contribution >= 4 is 104 Å². The van der Waals surface area contributed by atoms with E-state index in [1.54, 1.807) is 11.8 Å². The fraction of sp³-hybridized carbons (Fsp3) is 0.134. The summed E-state index contributed by atoms with van der Waals surface area (Å²) >= 11 is 3.65. The van der Waals surface area contributed by atoms with Crippen LogP contribution in [-0.4, -0.2) is 10.8 Å². The van der Waals surface area contributed by atoms with Gasteiger partial charge in [0.1, 0.15) is 0 Å². The van der Waals surface area contributed by atoms with Gasteiger partial charge in [0.15, 0.2) is 0 Å². The van der Waals surface area contributed by atoms with Crippen molar-refractivity contribution in [1.82, 2.24) is 4.57 Å². The Hall–Kier alpha value is -7.57. The summed E-state index contributed by atoms with van der Waals surface area (Å²) in [4.78, 5) is 3.71. The van der Waals surface area contributed by atoms with Crippen LogP contribution in [0.4, 0.5) is 28.4 Å². The molecular formula is C67H63N3S2. The summed E-state index contributed by atoms with van der Waals surface area (Å²) in [5.74, 6) is 0. The molecule has 0 saturated carbocycles. The largest absolute Gasteiger partial charge is 0.354 e. The van der Waals surface area contributed by atoms with Crippen LogP contribution in [0, 0.1) is 0 Å². The molecule has 1 aliphatic heterocycles. The predicted octanol–water partition coefficient (Wildman–Crippen LogP) is 21.7. The Balaban J connectivity index is 0.000000765. The first kappa shape index (κ1) is 49.4. The van der Waals surface area contributed by atoms with Crippen molar-refractivity contribution in [3.8, 4) is 39.1 Å². The summed E-state index contributed by atoms with van der Waals surface area (Å²) in [7, 11) is 0. The maximum atomic E-state index is 3.91. The fourth-order valence-corrected chi connectivity index (χ4v) is 11.8. The number of fused-ring (bicyclic) bond motifs is 8. The molecule has 72 heavy (non-hydrogen) atoms. The molecule has 3 heterocycles. The SMILES string of the molecule is CC.CC.CC.CC.CSc1ccccc1-c1cc2c3c(cccc3c1)-c1ccc(-c3cccc(N(c4ccc5c(c4)sc4ccccc45)c4ccc5c(c4)c4ccccc4n5-c4ccccc4)c3)cc1N2. The van der Waals surface area contributed by atoms with Gasteiger partial charge in [0.25, 0.3) is 0 Å². The van der Waals surface area contributed by atoms with E-state index in [2.05, 4.69) is 233 Å². The normalized spacial score (nSPS) is 11.0. The molecule has 358 valence electrons.